The Balaban J connectivity index is 2.18. The monoisotopic (exact) mass is 247 g/mol. The van der Waals surface area contributed by atoms with E-state index < -0.39 is 0 Å². The molecule has 0 aliphatic heterocycles. The van der Waals surface area contributed by atoms with Gasteiger partial charge in [0.25, 0.3) is 0 Å². The molecule has 2 rings (SSSR count). The summed E-state index contributed by atoms with van der Waals surface area (Å²) >= 11 is 0. The first-order chi connectivity index (χ1) is 8.51. The zero-order chi connectivity index (χ0) is 13.2. The number of benzene rings is 1. The molecule has 0 saturated heterocycles. The van der Waals surface area contributed by atoms with Crippen molar-refractivity contribution in [2.24, 2.45) is 5.73 Å². The van der Waals surface area contributed by atoms with Gasteiger partial charge in [0.05, 0.1) is 12.7 Å². The van der Waals surface area contributed by atoms with Crippen molar-refractivity contribution in [3.05, 3.63) is 53.6 Å². The van der Waals surface area contributed by atoms with Crippen LogP contribution in [0.4, 0.5) is 4.39 Å². The van der Waals surface area contributed by atoms with Crippen LogP contribution in [0.25, 0.3) is 0 Å². The Labute approximate surface area is 106 Å². The molecule has 18 heavy (non-hydrogen) atoms. The molecular weight excluding hydrogens is 229 g/mol. The summed E-state index contributed by atoms with van der Waals surface area (Å²) < 4.78 is 14.8. The highest BCUT2D eigenvalue weighted by Gasteiger charge is 2.21. The maximum Gasteiger partial charge on any atom is 0.123 e. The van der Waals surface area contributed by atoms with Crippen LogP contribution in [0.2, 0.25) is 0 Å². The van der Waals surface area contributed by atoms with Gasteiger partial charge in [0.1, 0.15) is 5.82 Å². The molecule has 0 aliphatic rings. The lowest BCUT2D eigenvalue weighted by Gasteiger charge is -2.25. The number of aromatic nitrogens is 2. The molecule has 0 saturated carbocycles. The van der Waals surface area contributed by atoms with E-state index in [1.807, 2.05) is 23.0 Å². The quantitative estimate of drug-likeness (QED) is 0.902. The van der Waals surface area contributed by atoms with E-state index in [-0.39, 0.29) is 11.2 Å². The van der Waals surface area contributed by atoms with Crippen LogP contribution in [0.3, 0.4) is 0 Å². The standard InChI is InChI=1S/C14H18FN3/c1-14(2,12-3-5-13(15)6-4-12)10-18-9-11(7-16)8-17-18/h3-6,8-9H,7,10,16H2,1-2H3. The smallest absolute Gasteiger partial charge is 0.123 e. The largest absolute Gasteiger partial charge is 0.326 e. The second-order valence-electron chi connectivity index (χ2n) is 5.14. The molecule has 0 bridgehead atoms. The molecule has 2 aromatic rings. The molecule has 1 aromatic carbocycles. The van der Waals surface area contributed by atoms with Gasteiger partial charge in [-0.15, -0.1) is 0 Å². The number of nitrogens with two attached hydrogens (primary N) is 1. The SMILES string of the molecule is CC(C)(Cn1cc(CN)cn1)c1ccc(F)cc1. The first-order valence-electron chi connectivity index (χ1n) is 5.99. The lowest BCUT2D eigenvalue weighted by atomic mass is 9.84. The van der Waals surface area contributed by atoms with Crippen LogP contribution in [-0.2, 0) is 18.5 Å². The maximum atomic E-state index is 12.9. The average molecular weight is 247 g/mol. The van der Waals surface area contributed by atoms with Crippen molar-refractivity contribution in [2.45, 2.75) is 32.4 Å². The van der Waals surface area contributed by atoms with Gasteiger partial charge in [0.15, 0.2) is 0 Å². The minimum absolute atomic E-state index is 0.106. The van der Waals surface area contributed by atoms with Gasteiger partial charge in [0.2, 0.25) is 0 Å². The minimum atomic E-state index is -0.209. The second kappa shape index (κ2) is 4.90. The van der Waals surface area contributed by atoms with Crippen LogP contribution in [0.1, 0.15) is 25.0 Å². The van der Waals surface area contributed by atoms with Crippen molar-refractivity contribution in [1.29, 1.82) is 0 Å². The van der Waals surface area contributed by atoms with Crippen molar-refractivity contribution in [3.8, 4) is 0 Å². The van der Waals surface area contributed by atoms with E-state index >= 15 is 0 Å². The van der Waals surface area contributed by atoms with Crippen LogP contribution in [0.15, 0.2) is 36.7 Å². The summed E-state index contributed by atoms with van der Waals surface area (Å²) in [6, 6.07) is 6.63. The first kappa shape index (κ1) is 12.8. The lowest BCUT2D eigenvalue weighted by molar-refractivity contribution is 0.407. The van der Waals surface area contributed by atoms with Gasteiger partial charge in [-0.3, -0.25) is 4.68 Å². The van der Waals surface area contributed by atoms with Gasteiger partial charge in [-0.1, -0.05) is 26.0 Å². The third kappa shape index (κ3) is 2.76. The summed E-state index contributed by atoms with van der Waals surface area (Å²) in [5, 5.41) is 4.28. The average Bonchev–Trinajstić information content (AvgIpc) is 2.76. The fraction of sp³-hybridized carbons (Fsp3) is 0.357. The van der Waals surface area contributed by atoms with Gasteiger partial charge in [0, 0.05) is 23.7 Å². The van der Waals surface area contributed by atoms with Crippen LogP contribution in [0, 0.1) is 5.82 Å². The Morgan fingerprint density at radius 2 is 1.94 bits per heavy atom. The van der Waals surface area contributed by atoms with Gasteiger partial charge in [-0.05, 0) is 17.7 Å². The summed E-state index contributed by atoms with van der Waals surface area (Å²) in [4.78, 5) is 0. The highest BCUT2D eigenvalue weighted by molar-refractivity contribution is 5.24. The third-order valence-electron chi connectivity index (χ3n) is 3.11. The number of halogens is 1. The molecule has 1 heterocycles. The third-order valence-corrected chi connectivity index (χ3v) is 3.11. The van der Waals surface area contributed by atoms with E-state index in [0.717, 1.165) is 17.7 Å². The molecule has 2 N–H and O–H groups in total. The molecule has 1 aromatic heterocycles. The molecule has 0 fully saturated rings. The highest BCUT2D eigenvalue weighted by Crippen LogP contribution is 2.25. The second-order valence-corrected chi connectivity index (χ2v) is 5.14. The summed E-state index contributed by atoms with van der Waals surface area (Å²) in [6.07, 6.45) is 3.73. The summed E-state index contributed by atoms with van der Waals surface area (Å²) in [6.45, 7) is 5.46. The summed E-state index contributed by atoms with van der Waals surface area (Å²) in [7, 11) is 0. The fourth-order valence-corrected chi connectivity index (χ4v) is 2.00. The number of hydrogen-bond acceptors (Lipinski definition) is 2. The lowest BCUT2D eigenvalue weighted by Crippen LogP contribution is -2.24. The maximum absolute atomic E-state index is 12.9. The van der Waals surface area contributed by atoms with Crippen LogP contribution < -0.4 is 5.73 Å². The Morgan fingerprint density at radius 3 is 2.50 bits per heavy atom. The summed E-state index contributed by atoms with van der Waals surface area (Å²) in [5.41, 5.74) is 7.56. The predicted molar refractivity (Wildman–Crippen MR) is 69.5 cm³/mol. The van der Waals surface area contributed by atoms with Crippen molar-refractivity contribution in [1.82, 2.24) is 9.78 Å². The molecule has 0 unspecified atom stereocenters. The van der Waals surface area contributed by atoms with Gasteiger partial charge < -0.3 is 5.73 Å². The molecular formula is C14H18FN3. The van der Waals surface area contributed by atoms with E-state index in [4.69, 9.17) is 5.73 Å². The van der Waals surface area contributed by atoms with Gasteiger partial charge in [-0.25, -0.2) is 4.39 Å². The Bertz CT molecular complexity index is 514. The van der Waals surface area contributed by atoms with Crippen molar-refractivity contribution >= 4 is 0 Å². The molecule has 0 radical (unpaired) electrons. The van der Waals surface area contributed by atoms with E-state index in [0.29, 0.717) is 6.54 Å². The molecule has 4 heteroatoms. The Kier molecular flexibility index (Phi) is 3.48. The van der Waals surface area contributed by atoms with E-state index in [2.05, 4.69) is 18.9 Å². The van der Waals surface area contributed by atoms with E-state index in [1.165, 1.54) is 12.1 Å². The van der Waals surface area contributed by atoms with E-state index in [9.17, 15) is 4.39 Å². The topological polar surface area (TPSA) is 43.8 Å². The minimum Gasteiger partial charge on any atom is -0.326 e. The fourth-order valence-electron chi connectivity index (χ4n) is 2.00. The molecule has 0 atom stereocenters. The van der Waals surface area contributed by atoms with Crippen molar-refractivity contribution < 1.29 is 4.39 Å². The number of rotatable bonds is 4. The van der Waals surface area contributed by atoms with Crippen molar-refractivity contribution in [2.75, 3.05) is 0 Å². The zero-order valence-corrected chi connectivity index (χ0v) is 10.7. The highest BCUT2D eigenvalue weighted by atomic mass is 19.1. The normalized spacial score (nSPS) is 11.8. The molecule has 0 aliphatic carbocycles. The predicted octanol–water partition coefficient (Wildman–Crippen LogP) is 2.46. The van der Waals surface area contributed by atoms with Gasteiger partial charge >= 0.3 is 0 Å². The Hall–Kier alpha value is -1.68. The van der Waals surface area contributed by atoms with Crippen LogP contribution in [-0.4, -0.2) is 9.78 Å². The molecule has 0 amide bonds. The number of nitrogens with zero attached hydrogens (tertiary/aromatic N) is 2. The molecule has 3 nitrogen and oxygen atoms in total. The van der Waals surface area contributed by atoms with Gasteiger partial charge in [-0.2, -0.15) is 5.10 Å². The molecule has 0 spiro atoms. The summed E-state index contributed by atoms with van der Waals surface area (Å²) in [5.74, 6) is -0.209. The zero-order valence-electron chi connectivity index (χ0n) is 10.7. The Morgan fingerprint density at radius 1 is 1.28 bits per heavy atom. The first-order valence-corrected chi connectivity index (χ1v) is 5.99. The van der Waals surface area contributed by atoms with E-state index in [1.54, 1.807) is 6.20 Å². The molecule has 96 valence electrons. The van der Waals surface area contributed by atoms with Crippen LogP contribution >= 0.6 is 0 Å². The van der Waals surface area contributed by atoms with Crippen molar-refractivity contribution in [3.63, 3.8) is 0 Å². The van der Waals surface area contributed by atoms with Crippen LogP contribution in [0.5, 0.6) is 0 Å². The number of hydrogen-bond donors (Lipinski definition) is 1.